The molecule has 0 radical (unpaired) electrons. The molecule has 0 atom stereocenters. The van der Waals surface area contributed by atoms with Gasteiger partial charge in [0, 0.05) is 40.7 Å². The Morgan fingerprint density at radius 1 is 1.38 bits per heavy atom. The summed E-state index contributed by atoms with van der Waals surface area (Å²) in [5, 5.41) is 10.9. The van der Waals surface area contributed by atoms with Gasteiger partial charge in [-0.05, 0) is 45.2 Å². The van der Waals surface area contributed by atoms with Crippen LogP contribution in [0.15, 0.2) is 36.9 Å². The van der Waals surface area contributed by atoms with Gasteiger partial charge >= 0.3 is 0 Å². The van der Waals surface area contributed by atoms with Crippen molar-refractivity contribution < 1.29 is 14.5 Å². The molecule has 1 aliphatic rings. The molecule has 1 fully saturated rings. The zero-order valence-corrected chi connectivity index (χ0v) is 15.0. The third-order valence-corrected chi connectivity index (χ3v) is 4.67. The Kier molecular flexibility index (Phi) is 4.93. The van der Waals surface area contributed by atoms with E-state index in [9.17, 15) is 14.9 Å². The average Bonchev–Trinajstić information content (AvgIpc) is 3.38. The van der Waals surface area contributed by atoms with E-state index in [1.807, 2.05) is 19.9 Å². The van der Waals surface area contributed by atoms with Gasteiger partial charge in [-0.15, -0.1) is 6.58 Å². The molecule has 1 aromatic carbocycles. The quantitative estimate of drug-likeness (QED) is 0.306. The molecule has 0 bridgehead atoms. The standard InChI is InChI=1S/C20H22N2O4/c1-4-5-15-11-17(22(24)25)8-9-20(15)26-12-19(23)18-10-13(2)21(14(18)3)16-6-7-16/h4,8-11,16H,1,5-7,12H2,2-3H3. The van der Waals surface area contributed by atoms with Crippen molar-refractivity contribution in [3.05, 3.63) is 69.5 Å². The summed E-state index contributed by atoms with van der Waals surface area (Å²) in [6.45, 7) is 7.55. The minimum Gasteiger partial charge on any atom is -0.485 e. The number of nitro benzene ring substituents is 1. The fraction of sp³-hybridized carbons (Fsp3) is 0.350. The van der Waals surface area contributed by atoms with Crippen LogP contribution in [0, 0.1) is 24.0 Å². The molecule has 2 aromatic rings. The topological polar surface area (TPSA) is 74.4 Å². The van der Waals surface area contributed by atoms with Crippen molar-refractivity contribution in [3.63, 3.8) is 0 Å². The summed E-state index contributed by atoms with van der Waals surface area (Å²) in [5.74, 6) is 0.382. The van der Waals surface area contributed by atoms with Crippen LogP contribution < -0.4 is 4.74 Å². The molecular formula is C20H22N2O4. The number of rotatable bonds is 8. The van der Waals surface area contributed by atoms with Crippen LogP contribution in [0.1, 0.15) is 46.2 Å². The van der Waals surface area contributed by atoms with E-state index in [0.717, 1.165) is 24.2 Å². The van der Waals surface area contributed by atoms with E-state index in [1.54, 1.807) is 6.08 Å². The van der Waals surface area contributed by atoms with E-state index in [1.165, 1.54) is 18.2 Å². The fourth-order valence-corrected chi connectivity index (χ4v) is 3.31. The number of nitro groups is 1. The third kappa shape index (κ3) is 3.54. The molecule has 1 aliphatic carbocycles. The highest BCUT2D eigenvalue weighted by Crippen LogP contribution is 2.38. The number of benzene rings is 1. The third-order valence-electron chi connectivity index (χ3n) is 4.67. The van der Waals surface area contributed by atoms with Crippen LogP contribution in [-0.2, 0) is 6.42 Å². The Bertz CT molecular complexity index is 878. The zero-order valence-electron chi connectivity index (χ0n) is 15.0. The molecule has 1 aromatic heterocycles. The van der Waals surface area contributed by atoms with Gasteiger partial charge in [0.25, 0.3) is 5.69 Å². The van der Waals surface area contributed by atoms with Gasteiger partial charge in [-0.25, -0.2) is 0 Å². The Morgan fingerprint density at radius 3 is 2.73 bits per heavy atom. The molecular weight excluding hydrogens is 332 g/mol. The number of ketones is 1. The number of carbonyl (C=O) groups excluding carboxylic acids is 1. The van der Waals surface area contributed by atoms with Gasteiger partial charge in [0.2, 0.25) is 5.78 Å². The van der Waals surface area contributed by atoms with E-state index in [0.29, 0.717) is 29.3 Å². The van der Waals surface area contributed by atoms with Gasteiger partial charge in [-0.1, -0.05) is 6.08 Å². The van der Waals surface area contributed by atoms with Crippen molar-refractivity contribution in [2.45, 2.75) is 39.2 Å². The normalized spacial score (nSPS) is 13.5. The number of nitrogens with zero attached hydrogens (tertiary/aromatic N) is 2. The van der Waals surface area contributed by atoms with E-state index in [-0.39, 0.29) is 18.1 Å². The maximum absolute atomic E-state index is 12.6. The minimum atomic E-state index is -0.450. The smallest absolute Gasteiger partial charge is 0.269 e. The number of hydrogen-bond donors (Lipinski definition) is 0. The van der Waals surface area contributed by atoms with E-state index in [4.69, 9.17) is 4.74 Å². The maximum Gasteiger partial charge on any atom is 0.269 e. The van der Waals surface area contributed by atoms with Crippen LogP contribution in [0.2, 0.25) is 0 Å². The van der Waals surface area contributed by atoms with Gasteiger partial charge in [-0.2, -0.15) is 0 Å². The number of ether oxygens (including phenoxy) is 1. The number of Topliss-reactive ketones (excluding diaryl/α,β-unsaturated/α-hetero) is 1. The molecule has 0 aliphatic heterocycles. The molecule has 0 N–H and O–H groups in total. The van der Waals surface area contributed by atoms with Crippen LogP contribution in [0.25, 0.3) is 0 Å². The SMILES string of the molecule is C=CCc1cc([N+](=O)[O-])ccc1OCC(=O)c1cc(C)n(C2CC2)c1C. The molecule has 136 valence electrons. The second-order valence-corrected chi connectivity index (χ2v) is 6.64. The van der Waals surface area contributed by atoms with Crippen molar-refractivity contribution in [3.8, 4) is 5.75 Å². The molecule has 3 rings (SSSR count). The zero-order chi connectivity index (χ0) is 18.8. The molecule has 6 heteroatoms. The monoisotopic (exact) mass is 354 g/mol. The first kappa shape index (κ1) is 17.9. The first-order valence-corrected chi connectivity index (χ1v) is 8.65. The van der Waals surface area contributed by atoms with Crippen molar-refractivity contribution >= 4 is 11.5 Å². The predicted octanol–water partition coefficient (Wildman–Crippen LogP) is 4.34. The van der Waals surface area contributed by atoms with Gasteiger partial charge in [0.1, 0.15) is 5.75 Å². The second kappa shape index (κ2) is 7.15. The Balaban J connectivity index is 1.76. The molecule has 0 saturated heterocycles. The predicted molar refractivity (Wildman–Crippen MR) is 99.0 cm³/mol. The Morgan fingerprint density at radius 2 is 2.12 bits per heavy atom. The first-order valence-electron chi connectivity index (χ1n) is 8.65. The lowest BCUT2D eigenvalue weighted by atomic mass is 10.1. The molecule has 0 amide bonds. The summed E-state index contributed by atoms with van der Waals surface area (Å²) in [4.78, 5) is 23.1. The van der Waals surface area contributed by atoms with Crippen LogP contribution in [0.3, 0.4) is 0 Å². The van der Waals surface area contributed by atoms with Gasteiger partial charge in [0.05, 0.1) is 4.92 Å². The van der Waals surface area contributed by atoms with Crippen molar-refractivity contribution in [1.82, 2.24) is 4.57 Å². The second-order valence-electron chi connectivity index (χ2n) is 6.64. The van der Waals surface area contributed by atoms with Gasteiger partial charge < -0.3 is 9.30 Å². The van der Waals surface area contributed by atoms with E-state index >= 15 is 0 Å². The number of hydrogen-bond acceptors (Lipinski definition) is 4. The summed E-state index contributed by atoms with van der Waals surface area (Å²) >= 11 is 0. The summed E-state index contributed by atoms with van der Waals surface area (Å²) in [5.41, 5.74) is 3.39. The van der Waals surface area contributed by atoms with Crippen LogP contribution >= 0.6 is 0 Å². The largest absolute Gasteiger partial charge is 0.485 e. The molecule has 0 unspecified atom stereocenters. The molecule has 6 nitrogen and oxygen atoms in total. The van der Waals surface area contributed by atoms with Crippen molar-refractivity contribution in [2.75, 3.05) is 6.61 Å². The molecule has 0 spiro atoms. The number of carbonyl (C=O) groups is 1. The summed E-state index contributed by atoms with van der Waals surface area (Å²) < 4.78 is 7.92. The number of allylic oxidation sites excluding steroid dienone is 1. The van der Waals surface area contributed by atoms with Crippen molar-refractivity contribution in [2.24, 2.45) is 0 Å². The highest BCUT2D eigenvalue weighted by Gasteiger charge is 2.28. The first-order chi connectivity index (χ1) is 12.4. The van der Waals surface area contributed by atoms with Crippen LogP contribution in [0.4, 0.5) is 5.69 Å². The van der Waals surface area contributed by atoms with Crippen LogP contribution in [0.5, 0.6) is 5.75 Å². The van der Waals surface area contributed by atoms with E-state index < -0.39 is 4.92 Å². The molecule has 1 saturated carbocycles. The number of non-ortho nitro benzene ring substituents is 1. The number of aromatic nitrogens is 1. The highest BCUT2D eigenvalue weighted by molar-refractivity contribution is 5.98. The minimum absolute atomic E-state index is 0.00601. The summed E-state index contributed by atoms with van der Waals surface area (Å²) in [6, 6.07) is 6.81. The van der Waals surface area contributed by atoms with Gasteiger partial charge in [-0.3, -0.25) is 14.9 Å². The highest BCUT2D eigenvalue weighted by atomic mass is 16.6. The lowest BCUT2D eigenvalue weighted by Crippen LogP contribution is -2.13. The molecule has 26 heavy (non-hydrogen) atoms. The Labute approximate surface area is 152 Å². The summed E-state index contributed by atoms with van der Waals surface area (Å²) in [7, 11) is 0. The number of aryl methyl sites for hydroxylation is 1. The Hall–Kier alpha value is -2.89. The van der Waals surface area contributed by atoms with Crippen molar-refractivity contribution in [1.29, 1.82) is 0 Å². The van der Waals surface area contributed by atoms with E-state index in [2.05, 4.69) is 11.1 Å². The van der Waals surface area contributed by atoms with Crippen LogP contribution in [-0.4, -0.2) is 21.9 Å². The fourth-order valence-electron chi connectivity index (χ4n) is 3.31. The lowest BCUT2D eigenvalue weighted by molar-refractivity contribution is -0.384. The molecule has 1 heterocycles. The average molecular weight is 354 g/mol. The maximum atomic E-state index is 12.6. The summed E-state index contributed by atoms with van der Waals surface area (Å²) in [6.07, 6.45) is 4.40. The lowest BCUT2D eigenvalue weighted by Gasteiger charge is -2.10. The van der Waals surface area contributed by atoms with Gasteiger partial charge in [0.15, 0.2) is 6.61 Å².